The number of carbonyl (C=O) groups excluding carboxylic acids is 3. The van der Waals surface area contributed by atoms with Crippen LogP contribution < -0.4 is 5.32 Å². The molecule has 142 valence electrons. The van der Waals surface area contributed by atoms with Crippen molar-refractivity contribution in [2.24, 2.45) is 0 Å². The Labute approximate surface area is 152 Å². The Kier molecular flexibility index (Phi) is 6.36. The molecular weight excluding hydrogens is 360 g/mol. The average Bonchev–Trinajstić information content (AvgIpc) is 2.96. The minimum Gasteiger partial charge on any atom is -0.454 e. The summed E-state index contributed by atoms with van der Waals surface area (Å²) in [6.07, 6.45) is 0.380. The predicted octanol–water partition coefficient (Wildman–Crippen LogP) is -0.0865. The summed E-state index contributed by atoms with van der Waals surface area (Å²) in [6.45, 7) is 0.997. The van der Waals surface area contributed by atoms with Gasteiger partial charge in [0.05, 0.1) is 11.5 Å². The van der Waals surface area contributed by atoms with Crippen LogP contribution >= 0.6 is 0 Å². The van der Waals surface area contributed by atoms with Gasteiger partial charge in [0, 0.05) is 18.7 Å². The fourth-order valence-corrected chi connectivity index (χ4v) is 4.39. The molecule has 1 N–H and O–H groups in total. The first-order valence-electron chi connectivity index (χ1n) is 8.14. The van der Waals surface area contributed by atoms with Gasteiger partial charge >= 0.3 is 5.97 Å². The molecule has 8 nitrogen and oxygen atoms in total. The highest BCUT2D eigenvalue weighted by Crippen LogP contribution is 2.16. The highest BCUT2D eigenvalue weighted by molar-refractivity contribution is 7.91. The minimum atomic E-state index is -3.10. The number of esters is 1. The number of hydrogen-bond donors (Lipinski definition) is 1. The molecule has 26 heavy (non-hydrogen) atoms. The van der Waals surface area contributed by atoms with Crippen LogP contribution in [0.2, 0.25) is 0 Å². The van der Waals surface area contributed by atoms with E-state index in [0.717, 1.165) is 5.56 Å². The molecule has 0 spiro atoms. The van der Waals surface area contributed by atoms with Crippen molar-refractivity contribution >= 4 is 27.6 Å². The van der Waals surface area contributed by atoms with E-state index in [1.54, 1.807) is 18.2 Å². The lowest BCUT2D eigenvalue weighted by molar-refractivity contribution is -0.151. The molecule has 1 aliphatic heterocycles. The number of likely N-dealkylation sites (N-methyl/N-ethyl adjacent to an activating group) is 1. The molecule has 0 bridgehead atoms. The average molecular weight is 382 g/mol. The topological polar surface area (TPSA) is 110 Å². The van der Waals surface area contributed by atoms with E-state index in [0.29, 0.717) is 12.0 Å². The van der Waals surface area contributed by atoms with Gasteiger partial charge in [0.25, 0.3) is 11.8 Å². The zero-order chi connectivity index (χ0) is 19.3. The molecule has 1 unspecified atom stereocenters. The lowest BCUT2D eigenvalue weighted by atomic mass is 10.1. The van der Waals surface area contributed by atoms with Gasteiger partial charge in [-0.25, -0.2) is 8.42 Å². The van der Waals surface area contributed by atoms with Crippen LogP contribution in [0, 0.1) is 6.92 Å². The lowest BCUT2D eigenvalue weighted by Gasteiger charge is -2.23. The zero-order valence-electron chi connectivity index (χ0n) is 14.7. The van der Waals surface area contributed by atoms with Gasteiger partial charge in [-0.05, 0) is 25.5 Å². The molecule has 1 fully saturated rings. The van der Waals surface area contributed by atoms with E-state index >= 15 is 0 Å². The number of nitrogens with zero attached hydrogens (tertiary/aromatic N) is 1. The molecule has 1 aliphatic rings. The SMILES string of the molecule is Cc1cccc(C(=O)NCC(=O)OCC(=O)N(C)C2CCS(=O)(=O)C2)c1. The van der Waals surface area contributed by atoms with E-state index in [4.69, 9.17) is 4.74 Å². The van der Waals surface area contributed by atoms with Gasteiger partial charge in [-0.15, -0.1) is 0 Å². The van der Waals surface area contributed by atoms with Crippen molar-refractivity contribution in [3.63, 3.8) is 0 Å². The number of aryl methyl sites for hydroxylation is 1. The first kappa shape index (κ1) is 19.9. The Morgan fingerprint density at radius 2 is 2.04 bits per heavy atom. The molecule has 0 radical (unpaired) electrons. The summed E-state index contributed by atoms with van der Waals surface area (Å²) < 4.78 is 27.8. The molecule has 9 heteroatoms. The molecule has 2 rings (SSSR count). The van der Waals surface area contributed by atoms with Crippen molar-refractivity contribution < 1.29 is 27.5 Å². The van der Waals surface area contributed by atoms with E-state index in [1.165, 1.54) is 11.9 Å². The summed E-state index contributed by atoms with van der Waals surface area (Å²) in [7, 11) is -1.61. The van der Waals surface area contributed by atoms with Crippen molar-refractivity contribution in [2.75, 3.05) is 31.7 Å². The number of rotatable bonds is 6. The normalized spacial score (nSPS) is 18.2. The first-order chi connectivity index (χ1) is 12.2. The van der Waals surface area contributed by atoms with Crippen molar-refractivity contribution in [3.05, 3.63) is 35.4 Å². The third-order valence-corrected chi connectivity index (χ3v) is 5.93. The maximum Gasteiger partial charge on any atom is 0.325 e. The van der Waals surface area contributed by atoms with E-state index in [1.807, 2.05) is 13.0 Å². The van der Waals surface area contributed by atoms with Crippen LogP contribution in [0.15, 0.2) is 24.3 Å². The summed E-state index contributed by atoms with van der Waals surface area (Å²) in [6, 6.07) is 6.51. The van der Waals surface area contributed by atoms with Gasteiger partial charge in [0.15, 0.2) is 16.4 Å². The van der Waals surface area contributed by atoms with Crippen LogP contribution in [0.5, 0.6) is 0 Å². The first-order valence-corrected chi connectivity index (χ1v) is 9.96. The van der Waals surface area contributed by atoms with E-state index < -0.39 is 40.3 Å². The van der Waals surface area contributed by atoms with Gasteiger partial charge in [0.2, 0.25) is 0 Å². The number of amides is 2. The molecule has 1 heterocycles. The number of carbonyl (C=O) groups is 3. The van der Waals surface area contributed by atoms with Crippen LogP contribution in [0.1, 0.15) is 22.3 Å². The Morgan fingerprint density at radius 3 is 2.65 bits per heavy atom. The van der Waals surface area contributed by atoms with E-state index in [2.05, 4.69) is 5.32 Å². The van der Waals surface area contributed by atoms with Gasteiger partial charge in [-0.2, -0.15) is 0 Å². The molecule has 1 saturated heterocycles. The van der Waals surface area contributed by atoms with E-state index in [9.17, 15) is 22.8 Å². The predicted molar refractivity (Wildman–Crippen MR) is 94.3 cm³/mol. The van der Waals surface area contributed by atoms with Gasteiger partial charge < -0.3 is 15.0 Å². The second-order valence-electron chi connectivity index (χ2n) is 6.27. The number of hydrogen-bond acceptors (Lipinski definition) is 6. The van der Waals surface area contributed by atoms with E-state index in [-0.39, 0.29) is 18.1 Å². The second-order valence-corrected chi connectivity index (χ2v) is 8.50. The van der Waals surface area contributed by atoms with Crippen LogP contribution in [-0.4, -0.2) is 68.8 Å². The highest BCUT2D eigenvalue weighted by atomic mass is 32.2. The molecule has 0 aliphatic carbocycles. The van der Waals surface area contributed by atoms with Crippen molar-refractivity contribution in [2.45, 2.75) is 19.4 Å². The monoisotopic (exact) mass is 382 g/mol. The molecule has 2 amide bonds. The largest absolute Gasteiger partial charge is 0.454 e. The quantitative estimate of drug-likeness (QED) is 0.689. The van der Waals surface area contributed by atoms with Crippen LogP contribution in [-0.2, 0) is 24.2 Å². The summed E-state index contributed by atoms with van der Waals surface area (Å²) in [4.78, 5) is 36.9. The van der Waals surface area contributed by atoms with Crippen molar-refractivity contribution in [3.8, 4) is 0 Å². The Balaban J connectivity index is 1.74. The third kappa shape index (κ3) is 5.55. The maximum absolute atomic E-state index is 12.0. The third-order valence-electron chi connectivity index (χ3n) is 4.18. The summed E-state index contributed by atoms with van der Waals surface area (Å²) in [5, 5.41) is 2.43. The van der Waals surface area contributed by atoms with Crippen LogP contribution in [0.4, 0.5) is 0 Å². The number of ether oxygens (including phenoxy) is 1. The molecule has 1 aromatic carbocycles. The number of nitrogens with one attached hydrogen (secondary N) is 1. The molecule has 1 aromatic rings. The van der Waals surface area contributed by atoms with Crippen molar-refractivity contribution in [1.82, 2.24) is 10.2 Å². The van der Waals surface area contributed by atoms with Gasteiger partial charge in [-0.1, -0.05) is 17.7 Å². The number of sulfone groups is 1. The Hall–Kier alpha value is -2.42. The molecule has 0 saturated carbocycles. The van der Waals surface area contributed by atoms with Crippen LogP contribution in [0.3, 0.4) is 0 Å². The van der Waals surface area contributed by atoms with Crippen LogP contribution in [0.25, 0.3) is 0 Å². The standard InChI is InChI=1S/C17H22N2O6S/c1-12-4-3-5-13(8-12)17(22)18-9-16(21)25-10-15(20)19(2)14-6-7-26(23,24)11-14/h3-5,8,14H,6-7,9-11H2,1-2H3,(H,18,22). The van der Waals surface area contributed by atoms with Gasteiger partial charge in [-0.3, -0.25) is 14.4 Å². The van der Waals surface area contributed by atoms with Gasteiger partial charge in [0.1, 0.15) is 6.54 Å². The highest BCUT2D eigenvalue weighted by Gasteiger charge is 2.32. The summed E-state index contributed by atoms with van der Waals surface area (Å²) >= 11 is 0. The zero-order valence-corrected chi connectivity index (χ0v) is 15.5. The van der Waals surface area contributed by atoms with Crippen molar-refractivity contribution in [1.29, 1.82) is 0 Å². The second kappa shape index (κ2) is 8.31. The lowest BCUT2D eigenvalue weighted by Crippen LogP contribution is -2.41. The Morgan fingerprint density at radius 1 is 1.31 bits per heavy atom. The molecule has 0 aromatic heterocycles. The summed E-state index contributed by atoms with van der Waals surface area (Å²) in [5.74, 6) is -1.65. The smallest absolute Gasteiger partial charge is 0.325 e. The maximum atomic E-state index is 12.0. The minimum absolute atomic E-state index is 0.0556. The number of benzene rings is 1. The fourth-order valence-electron chi connectivity index (χ4n) is 2.62. The molecule has 1 atom stereocenters. The fraction of sp³-hybridized carbons (Fsp3) is 0.471. The Bertz CT molecular complexity index is 805. The molecular formula is C17H22N2O6S. The summed E-state index contributed by atoms with van der Waals surface area (Å²) in [5.41, 5.74) is 1.35.